The average molecular weight is 617 g/mol. The minimum Gasteiger partial charge on any atom is -0.290 e. The number of benzene rings is 1. The third-order valence-corrected chi connectivity index (χ3v) is 12.9. The molecule has 0 N–H and O–H groups in total. The van der Waals surface area contributed by atoms with Crippen LogP contribution in [-0.2, 0) is 23.2 Å². The van der Waals surface area contributed by atoms with Crippen molar-refractivity contribution in [2.24, 2.45) is 12.5 Å². The number of hydrogen-bond acceptors (Lipinski definition) is 6. The van der Waals surface area contributed by atoms with E-state index in [1.54, 1.807) is 29.2 Å². The number of aryl methyl sites for hydroxylation is 1. The Morgan fingerprint density at radius 1 is 1.09 bits per heavy atom. The largest absolute Gasteiger partial charge is 0.290 e. The number of rotatable bonds is 8. The lowest BCUT2D eigenvalue weighted by molar-refractivity contribution is 0.0741. The Morgan fingerprint density at radius 3 is 2.58 bits per heavy atom. The van der Waals surface area contributed by atoms with Crippen molar-refractivity contribution in [2.45, 2.75) is 74.3 Å². The van der Waals surface area contributed by atoms with E-state index >= 15 is 0 Å². The van der Waals surface area contributed by atoms with Crippen LogP contribution < -0.4 is 0 Å². The summed E-state index contributed by atoms with van der Waals surface area (Å²) >= 11 is 1.54. The molecule has 11 heteroatoms. The molecule has 8 nitrogen and oxygen atoms in total. The van der Waals surface area contributed by atoms with E-state index in [1.165, 1.54) is 28.3 Å². The molecule has 0 spiro atoms. The van der Waals surface area contributed by atoms with Crippen LogP contribution in [0.4, 0.5) is 4.39 Å². The number of hydrogen-bond donors (Lipinski definition) is 0. The Balaban J connectivity index is 1.21. The second-order valence-corrected chi connectivity index (χ2v) is 15.8. The van der Waals surface area contributed by atoms with Gasteiger partial charge in [0.1, 0.15) is 5.82 Å². The van der Waals surface area contributed by atoms with Gasteiger partial charge in [-0.25, -0.2) is 22.6 Å². The maximum atomic E-state index is 14.7. The summed E-state index contributed by atoms with van der Waals surface area (Å²) in [6, 6.07) is 6.39. The molecule has 1 aromatic carbocycles. The van der Waals surface area contributed by atoms with E-state index in [4.69, 9.17) is 0 Å². The van der Waals surface area contributed by atoms with Gasteiger partial charge >= 0.3 is 0 Å². The molecule has 3 saturated carbocycles. The van der Waals surface area contributed by atoms with Crippen LogP contribution in [0.3, 0.4) is 0 Å². The van der Waals surface area contributed by atoms with Crippen LogP contribution in [0.25, 0.3) is 11.8 Å². The number of carbonyl (C=O) groups is 1. The highest BCUT2D eigenvalue weighted by Gasteiger charge is 2.53. The first-order valence-electron chi connectivity index (χ1n) is 14.9. The van der Waals surface area contributed by atoms with Gasteiger partial charge in [-0.2, -0.15) is 10.2 Å². The van der Waals surface area contributed by atoms with Crippen LogP contribution in [0.1, 0.15) is 76.8 Å². The number of thiazole rings is 1. The maximum absolute atomic E-state index is 14.7. The quantitative estimate of drug-likeness (QED) is 0.190. The maximum Gasteiger partial charge on any atom is 0.201 e. The Hall–Kier alpha value is -3.41. The van der Waals surface area contributed by atoms with Gasteiger partial charge in [-0.3, -0.25) is 9.48 Å². The summed E-state index contributed by atoms with van der Waals surface area (Å²) in [6.45, 7) is 0. The number of halogens is 1. The zero-order valence-corrected chi connectivity index (χ0v) is 25.6. The van der Waals surface area contributed by atoms with E-state index in [2.05, 4.69) is 31.4 Å². The molecule has 3 atom stereocenters. The van der Waals surface area contributed by atoms with Gasteiger partial charge in [-0.1, -0.05) is 5.57 Å². The van der Waals surface area contributed by atoms with Crippen molar-refractivity contribution in [3.8, 4) is 5.69 Å². The second-order valence-electron chi connectivity index (χ2n) is 12.5. The van der Waals surface area contributed by atoms with Crippen molar-refractivity contribution in [3.63, 3.8) is 0 Å². The van der Waals surface area contributed by atoms with Crippen LogP contribution >= 0.6 is 11.3 Å². The van der Waals surface area contributed by atoms with Crippen LogP contribution in [0.2, 0.25) is 0 Å². The first kappa shape index (κ1) is 27.2. The molecule has 4 aromatic rings. The number of aromatic nitrogens is 5. The molecule has 0 radical (unpaired) electrons. The fourth-order valence-corrected chi connectivity index (χ4v) is 10.3. The van der Waals surface area contributed by atoms with Gasteiger partial charge in [0.25, 0.3) is 0 Å². The Labute approximate surface area is 254 Å². The minimum absolute atomic E-state index is 0.0493. The summed E-state index contributed by atoms with van der Waals surface area (Å²) in [4.78, 5) is 21.2. The van der Waals surface area contributed by atoms with Crippen molar-refractivity contribution >= 4 is 38.8 Å². The molecule has 3 fully saturated rings. The van der Waals surface area contributed by atoms with Gasteiger partial charge < -0.3 is 0 Å². The molecule has 0 amide bonds. The number of allylic oxidation sites excluding steroid dienone is 1. The highest BCUT2D eigenvalue weighted by molar-refractivity contribution is 7.98. The van der Waals surface area contributed by atoms with Crippen molar-refractivity contribution in [3.05, 3.63) is 81.6 Å². The number of Topliss-reactive ketones (excluding diaryl/α,β-unsaturated/α-hetero) is 1. The lowest BCUT2D eigenvalue weighted by atomic mass is 9.61. The van der Waals surface area contributed by atoms with E-state index in [-0.39, 0.29) is 23.7 Å². The third-order valence-electron chi connectivity index (χ3n) is 9.50. The molecule has 4 aliphatic carbocycles. The van der Waals surface area contributed by atoms with Crippen LogP contribution in [-0.4, -0.2) is 56.8 Å². The first-order chi connectivity index (χ1) is 20.7. The van der Waals surface area contributed by atoms with E-state index < -0.39 is 15.1 Å². The van der Waals surface area contributed by atoms with E-state index in [1.807, 2.05) is 24.1 Å². The fraction of sp³-hybridized carbons (Fsp3) is 0.406. The molecule has 43 heavy (non-hydrogen) atoms. The molecule has 8 rings (SSSR count). The van der Waals surface area contributed by atoms with Crippen molar-refractivity contribution in [2.75, 3.05) is 0 Å². The predicted molar refractivity (Wildman–Crippen MR) is 165 cm³/mol. The molecular formula is C32H33FN6O2S2. The number of carbonyl (C=O) groups excluding carboxylic acids is 1. The van der Waals surface area contributed by atoms with Gasteiger partial charge in [-0.15, -0.1) is 11.3 Å². The highest BCUT2D eigenvalue weighted by atomic mass is 32.2. The summed E-state index contributed by atoms with van der Waals surface area (Å²) in [5, 5.41) is 9.52. The predicted octanol–water partition coefficient (Wildman–Crippen LogP) is 5.60. The van der Waals surface area contributed by atoms with E-state index in [0.29, 0.717) is 35.1 Å². The third kappa shape index (κ3) is 4.55. The first-order valence-corrected chi connectivity index (χ1v) is 17.4. The zero-order chi connectivity index (χ0) is 29.5. The molecule has 0 saturated heterocycles. The van der Waals surface area contributed by atoms with Crippen molar-refractivity contribution in [1.82, 2.24) is 28.9 Å². The lowest BCUT2D eigenvalue weighted by Gasteiger charge is -2.47. The SMILES string of the molecule is C=S(=O)(c1cnn(C)c1)N(C1CC1)[C@H]1CCC2=Cc3c(cnn3-c3ccc(F)cc3)C[C@]2(C(=O)c2ncc(C3CC3)s2)C1. The normalized spacial score (nSPS) is 24.7. The second kappa shape index (κ2) is 9.80. The zero-order valence-electron chi connectivity index (χ0n) is 24.0. The Kier molecular flexibility index (Phi) is 6.19. The van der Waals surface area contributed by atoms with E-state index in [9.17, 15) is 13.4 Å². The number of fused-ring (bicyclic) bond motifs is 2. The molecule has 222 valence electrons. The van der Waals surface area contributed by atoms with Gasteiger partial charge in [0.2, 0.25) is 5.78 Å². The van der Waals surface area contributed by atoms with Crippen LogP contribution in [0.5, 0.6) is 0 Å². The fourth-order valence-electron chi connectivity index (χ4n) is 7.04. The summed E-state index contributed by atoms with van der Waals surface area (Å²) < 4.78 is 33.8. The Bertz CT molecular complexity index is 1880. The van der Waals surface area contributed by atoms with Crippen molar-refractivity contribution in [1.29, 1.82) is 0 Å². The van der Waals surface area contributed by atoms with Gasteiger partial charge in [-0.05, 0) is 99.1 Å². The van der Waals surface area contributed by atoms with E-state index in [0.717, 1.165) is 54.6 Å². The molecular weight excluding hydrogens is 584 g/mol. The van der Waals surface area contributed by atoms with Crippen LogP contribution in [0, 0.1) is 11.2 Å². The summed E-state index contributed by atoms with van der Waals surface area (Å²) in [7, 11) is -0.986. The molecule has 4 aliphatic rings. The van der Waals surface area contributed by atoms with Crippen LogP contribution in [0.15, 0.2) is 59.5 Å². The highest BCUT2D eigenvalue weighted by Crippen LogP contribution is 2.53. The molecule has 0 aliphatic heterocycles. The standard InChI is InChI=1S/C32H33FN6O2S2/c1-37-19-27(17-35-37)43(2,41)39(25-11-12-25)26-8-5-22-13-28-21(16-36-38(28)24-9-6-23(33)7-10-24)14-32(22,15-26)30(40)31-34-18-29(42-31)20-3-4-20/h6-7,9-10,13,16-20,25-26H,2-5,8,11-12,14-15H2,1H3/t26-,32-,43?/m0/s1. The molecule has 1 unspecified atom stereocenters. The topological polar surface area (TPSA) is 85.9 Å². The monoisotopic (exact) mass is 616 g/mol. The number of ketones is 1. The number of nitrogens with zero attached hydrogens (tertiary/aromatic N) is 6. The smallest absolute Gasteiger partial charge is 0.201 e. The summed E-state index contributed by atoms with van der Waals surface area (Å²) in [5.41, 5.74) is 2.93. The Morgan fingerprint density at radius 2 is 1.88 bits per heavy atom. The molecule has 3 heterocycles. The summed E-state index contributed by atoms with van der Waals surface area (Å²) in [6.07, 6.45) is 16.1. The minimum atomic E-state index is -2.81. The van der Waals surface area contributed by atoms with Gasteiger partial charge in [0.05, 0.1) is 43.8 Å². The van der Waals surface area contributed by atoms with Gasteiger partial charge in [0.15, 0.2) is 5.01 Å². The van der Waals surface area contributed by atoms with Crippen molar-refractivity contribution < 1.29 is 13.4 Å². The summed E-state index contributed by atoms with van der Waals surface area (Å²) in [5.74, 6) is 4.56. The molecule has 3 aromatic heterocycles. The lowest BCUT2D eigenvalue weighted by Crippen LogP contribution is -2.51. The van der Waals surface area contributed by atoms with Gasteiger partial charge in [0, 0.05) is 36.4 Å². The molecule has 0 bridgehead atoms. The average Bonchev–Trinajstić information content (AvgIpc) is 3.88.